The van der Waals surface area contributed by atoms with Gasteiger partial charge in [-0.15, -0.1) is 0 Å². The van der Waals surface area contributed by atoms with Crippen LogP contribution in [0.5, 0.6) is 0 Å². The van der Waals surface area contributed by atoms with Crippen LogP contribution in [0, 0.1) is 10.1 Å². The van der Waals surface area contributed by atoms with Gasteiger partial charge in [-0.05, 0) is 0 Å². The number of nitrogens with zero attached hydrogens (tertiary/aromatic N) is 2. The average Bonchev–Trinajstić information content (AvgIpc) is 2.16. The highest BCUT2D eigenvalue weighted by atomic mass is 79.9. The van der Waals surface area contributed by atoms with E-state index in [1.54, 1.807) is 0 Å². The lowest BCUT2D eigenvalue weighted by molar-refractivity contribution is -0.385. The third-order valence-corrected chi connectivity index (χ3v) is 2.64. The predicted molar refractivity (Wildman–Crippen MR) is 53.5 cm³/mol. The Morgan fingerprint density at radius 1 is 1.67 bits per heavy atom. The quantitative estimate of drug-likeness (QED) is 0.488. The normalized spacial score (nSPS) is 10.7. The van der Waals surface area contributed by atoms with Gasteiger partial charge in [0.25, 0.3) is 12.1 Å². The molecule has 0 aliphatic heterocycles. The minimum Gasteiger partial charge on any atom is -0.258 e. The molecule has 0 aromatic carbocycles. The van der Waals surface area contributed by atoms with Gasteiger partial charge in [0.2, 0.25) is 0 Å². The van der Waals surface area contributed by atoms with Crippen molar-refractivity contribution in [3.8, 4) is 0 Å². The van der Waals surface area contributed by atoms with E-state index in [-0.39, 0.29) is 21.6 Å². The Morgan fingerprint density at radius 2 is 2.27 bits per heavy atom. The molecule has 4 nitrogen and oxygen atoms in total. The molecule has 0 amide bonds. The molecule has 0 aliphatic carbocycles. The molecule has 8 heteroatoms. The first kappa shape index (κ1) is 12.3. The number of hydrogen-bond acceptors (Lipinski definition) is 3. The molecular formula is C7H4BrClF2N2O2. The lowest BCUT2D eigenvalue weighted by Crippen LogP contribution is -2.00. The molecule has 0 radical (unpaired) electrons. The summed E-state index contributed by atoms with van der Waals surface area (Å²) in [4.78, 5) is 13.1. The average molecular weight is 301 g/mol. The maximum atomic E-state index is 12.3. The topological polar surface area (TPSA) is 56.0 Å². The largest absolute Gasteiger partial charge is 0.293 e. The zero-order valence-electron chi connectivity index (χ0n) is 7.08. The minimum atomic E-state index is -2.85. The van der Waals surface area contributed by atoms with E-state index in [0.29, 0.717) is 0 Å². The molecule has 0 fully saturated rings. The molecule has 0 N–H and O–H groups in total. The van der Waals surface area contributed by atoms with Crippen molar-refractivity contribution in [2.24, 2.45) is 0 Å². The summed E-state index contributed by atoms with van der Waals surface area (Å²) < 4.78 is 24.7. The smallest absolute Gasteiger partial charge is 0.258 e. The van der Waals surface area contributed by atoms with Crippen LogP contribution < -0.4 is 0 Å². The van der Waals surface area contributed by atoms with Crippen LogP contribution in [0.1, 0.15) is 17.7 Å². The highest BCUT2D eigenvalue weighted by molar-refractivity contribution is 9.08. The first-order valence-corrected chi connectivity index (χ1v) is 5.14. The van der Waals surface area contributed by atoms with Gasteiger partial charge in [0, 0.05) is 5.33 Å². The molecule has 0 spiro atoms. The van der Waals surface area contributed by atoms with Crippen molar-refractivity contribution in [3.05, 3.63) is 32.6 Å². The Morgan fingerprint density at radius 3 is 2.67 bits per heavy atom. The van der Waals surface area contributed by atoms with Gasteiger partial charge in [-0.3, -0.25) is 10.1 Å². The van der Waals surface area contributed by atoms with Crippen LogP contribution in [0.3, 0.4) is 0 Å². The molecule has 1 aromatic heterocycles. The highest BCUT2D eigenvalue weighted by Gasteiger charge is 2.24. The van der Waals surface area contributed by atoms with Crippen LogP contribution in [0.2, 0.25) is 5.02 Å². The third kappa shape index (κ3) is 2.40. The van der Waals surface area contributed by atoms with E-state index < -0.39 is 17.0 Å². The molecule has 0 saturated heterocycles. The number of nitro groups is 1. The number of halogens is 4. The summed E-state index contributed by atoms with van der Waals surface area (Å²) in [5.41, 5.74) is -1.01. The second-order valence-corrected chi connectivity index (χ2v) is 3.45. The number of aromatic nitrogens is 1. The lowest BCUT2D eigenvalue weighted by atomic mass is 10.2. The van der Waals surface area contributed by atoms with E-state index >= 15 is 0 Å². The number of rotatable bonds is 3. The van der Waals surface area contributed by atoms with E-state index in [0.717, 1.165) is 6.20 Å². The predicted octanol–water partition coefficient (Wildman–Crippen LogP) is 3.48. The summed E-state index contributed by atoms with van der Waals surface area (Å²) in [5.74, 6) is 0. The van der Waals surface area contributed by atoms with Gasteiger partial charge in [-0.1, -0.05) is 27.5 Å². The van der Waals surface area contributed by atoms with Gasteiger partial charge in [0.1, 0.15) is 11.9 Å². The van der Waals surface area contributed by atoms with Crippen molar-refractivity contribution in [1.29, 1.82) is 0 Å². The second-order valence-electron chi connectivity index (χ2n) is 2.51. The number of pyridine rings is 1. The van der Waals surface area contributed by atoms with Gasteiger partial charge in [-0.2, -0.15) is 0 Å². The van der Waals surface area contributed by atoms with Crippen molar-refractivity contribution in [2.75, 3.05) is 0 Å². The van der Waals surface area contributed by atoms with Crippen LogP contribution in [0.15, 0.2) is 6.20 Å². The summed E-state index contributed by atoms with van der Waals surface area (Å²) >= 11 is 8.53. The molecule has 1 aromatic rings. The molecule has 0 atom stereocenters. The standard InChI is InChI=1S/C7H4BrClF2N2O2/c8-1-3-4(13(14)15)2-12-6(5(3)9)7(10)11/h2,7H,1H2. The molecule has 1 heterocycles. The van der Waals surface area contributed by atoms with Crippen molar-refractivity contribution in [1.82, 2.24) is 4.98 Å². The Hall–Kier alpha value is -0.820. The maximum absolute atomic E-state index is 12.3. The van der Waals surface area contributed by atoms with Crippen molar-refractivity contribution in [2.45, 2.75) is 11.8 Å². The van der Waals surface area contributed by atoms with E-state index in [4.69, 9.17) is 11.6 Å². The first-order valence-electron chi connectivity index (χ1n) is 3.64. The van der Waals surface area contributed by atoms with E-state index in [2.05, 4.69) is 20.9 Å². The van der Waals surface area contributed by atoms with Crippen molar-refractivity contribution in [3.63, 3.8) is 0 Å². The lowest BCUT2D eigenvalue weighted by Gasteiger charge is -2.06. The highest BCUT2D eigenvalue weighted by Crippen LogP contribution is 2.34. The van der Waals surface area contributed by atoms with Gasteiger partial charge in [0.05, 0.1) is 15.5 Å². The second kappa shape index (κ2) is 4.80. The molecular weight excluding hydrogens is 297 g/mol. The van der Waals surface area contributed by atoms with Crippen LogP contribution in [0.4, 0.5) is 14.5 Å². The number of hydrogen-bond donors (Lipinski definition) is 0. The maximum Gasteiger partial charge on any atom is 0.293 e. The minimum absolute atomic E-state index is 0.00645. The monoisotopic (exact) mass is 300 g/mol. The summed E-state index contributed by atoms with van der Waals surface area (Å²) in [6.07, 6.45) is -2.07. The molecule has 0 saturated carbocycles. The Balaban J connectivity index is 3.39. The zero-order valence-corrected chi connectivity index (χ0v) is 9.43. The fraction of sp³-hybridized carbons (Fsp3) is 0.286. The van der Waals surface area contributed by atoms with Gasteiger partial charge >= 0.3 is 0 Å². The number of alkyl halides is 3. The molecule has 1 rings (SSSR count). The van der Waals surface area contributed by atoms with Crippen LogP contribution in [0.25, 0.3) is 0 Å². The van der Waals surface area contributed by atoms with Gasteiger partial charge < -0.3 is 0 Å². The summed E-state index contributed by atoms with van der Waals surface area (Å²) in [7, 11) is 0. The molecule has 0 unspecified atom stereocenters. The zero-order chi connectivity index (χ0) is 11.6. The van der Waals surface area contributed by atoms with Gasteiger partial charge in [0.15, 0.2) is 0 Å². The van der Waals surface area contributed by atoms with Crippen LogP contribution in [-0.4, -0.2) is 9.91 Å². The van der Waals surface area contributed by atoms with E-state index in [1.807, 2.05) is 0 Å². The summed E-state index contributed by atoms with van der Waals surface area (Å²) in [5, 5.41) is 10.2. The Labute approximate surface area is 96.5 Å². The van der Waals surface area contributed by atoms with Crippen LogP contribution in [-0.2, 0) is 5.33 Å². The summed E-state index contributed by atoms with van der Waals surface area (Å²) in [6, 6.07) is 0. The third-order valence-electron chi connectivity index (χ3n) is 1.66. The first-order chi connectivity index (χ1) is 6.99. The molecule has 0 aliphatic rings. The van der Waals surface area contributed by atoms with Gasteiger partial charge in [-0.25, -0.2) is 13.8 Å². The van der Waals surface area contributed by atoms with Crippen LogP contribution >= 0.6 is 27.5 Å². The fourth-order valence-electron chi connectivity index (χ4n) is 0.969. The summed E-state index contributed by atoms with van der Waals surface area (Å²) in [6.45, 7) is 0. The molecule has 0 bridgehead atoms. The fourth-order valence-corrected chi connectivity index (χ4v) is 1.99. The van der Waals surface area contributed by atoms with Crippen molar-refractivity contribution >= 4 is 33.2 Å². The molecule has 15 heavy (non-hydrogen) atoms. The molecule has 82 valence electrons. The Kier molecular flexibility index (Phi) is 3.92. The van der Waals surface area contributed by atoms with Crippen molar-refractivity contribution < 1.29 is 13.7 Å². The van der Waals surface area contributed by atoms with E-state index in [9.17, 15) is 18.9 Å². The Bertz CT molecular complexity index is 403. The van der Waals surface area contributed by atoms with E-state index in [1.165, 1.54) is 0 Å². The SMILES string of the molecule is O=[N+]([O-])c1cnc(C(F)F)c(Cl)c1CBr.